The second kappa shape index (κ2) is 9.44. The molecule has 3 rings (SSSR count). The molecular weight excluding hydrogens is 354 g/mol. The second-order valence-corrected chi connectivity index (χ2v) is 7.66. The molecule has 0 fully saturated rings. The van der Waals surface area contributed by atoms with Gasteiger partial charge in [-0.25, -0.2) is 4.98 Å². The predicted octanol–water partition coefficient (Wildman–Crippen LogP) is 3.64. The van der Waals surface area contributed by atoms with Crippen LogP contribution in [-0.2, 0) is 17.6 Å². The van der Waals surface area contributed by atoms with Crippen molar-refractivity contribution in [3.63, 3.8) is 0 Å². The minimum atomic E-state index is 0.0137. The van der Waals surface area contributed by atoms with Crippen molar-refractivity contribution in [2.45, 2.75) is 18.9 Å². The molecule has 27 heavy (non-hydrogen) atoms. The Morgan fingerprint density at radius 1 is 1.07 bits per heavy atom. The Morgan fingerprint density at radius 3 is 2.41 bits per heavy atom. The summed E-state index contributed by atoms with van der Waals surface area (Å²) >= 11 is 1.58. The standard InChI is InChI=1S/C22H25N3OS/c1-25(2)20(13-17-9-5-3-6-10-17)15-23-21(26)14-19-16-27-22(24-19)18-11-7-4-8-12-18/h3-12,16,20H,13-15H2,1-2H3,(H,23,26). The largest absolute Gasteiger partial charge is 0.354 e. The lowest BCUT2D eigenvalue weighted by Gasteiger charge is -2.24. The molecule has 1 heterocycles. The molecule has 2 aromatic carbocycles. The number of thiazole rings is 1. The molecule has 0 saturated heterocycles. The molecule has 140 valence electrons. The number of carbonyl (C=O) groups is 1. The second-order valence-electron chi connectivity index (χ2n) is 6.80. The third-order valence-electron chi connectivity index (χ3n) is 4.49. The number of aromatic nitrogens is 1. The van der Waals surface area contributed by atoms with Crippen LogP contribution >= 0.6 is 11.3 Å². The first-order chi connectivity index (χ1) is 13.1. The molecule has 1 atom stereocenters. The van der Waals surface area contributed by atoms with E-state index in [4.69, 9.17) is 0 Å². The van der Waals surface area contributed by atoms with Crippen molar-refractivity contribution in [1.29, 1.82) is 0 Å². The Bertz CT molecular complexity index is 846. The summed E-state index contributed by atoms with van der Waals surface area (Å²) in [7, 11) is 4.10. The van der Waals surface area contributed by atoms with Gasteiger partial charge < -0.3 is 10.2 Å². The van der Waals surface area contributed by atoms with E-state index in [1.54, 1.807) is 11.3 Å². The van der Waals surface area contributed by atoms with Crippen LogP contribution in [0.2, 0.25) is 0 Å². The third kappa shape index (κ3) is 5.74. The van der Waals surface area contributed by atoms with Gasteiger partial charge in [0.25, 0.3) is 0 Å². The molecule has 4 nitrogen and oxygen atoms in total. The molecule has 0 saturated carbocycles. The topological polar surface area (TPSA) is 45.2 Å². The number of hydrogen-bond acceptors (Lipinski definition) is 4. The maximum absolute atomic E-state index is 12.4. The number of rotatable bonds is 8. The van der Waals surface area contributed by atoms with Crippen LogP contribution in [0.4, 0.5) is 0 Å². The van der Waals surface area contributed by atoms with Gasteiger partial charge in [-0.3, -0.25) is 4.79 Å². The molecule has 5 heteroatoms. The van der Waals surface area contributed by atoms with Crippen molar-refractivity contribution in [1.82, 2.24) is 15.2 Å². The Labute approximate surface area is 164 Å². The van der Waals surface area contributed by atoms with Gasteiger partial charge in [-0.2, -0.15) is 0 Å². The molecule has 1 N–H and O–H groups in total. The average molecular weight is 380 g/mol. The number of likely N-dealkylation sites (N-methyl/N-ethyl adjacent to an activating group) is 1. The predicted molar refractivity (Wildman–Crippen MR) is 112 cm³/mol. The van der Waals surface area contributed by atoms with Crippen LogP contribution in [0.3, 0.4) is 0 Å². The van der Waals surface area contributed by atoms with Crippen LogP contribution < -0.4 is 5.32 Å². The molecule has 0 aliphatic carbocycles. The molecule has 1 amide bonds. The zero-order valence-corrected chi connectivity index (χ0v) is 16.6. The highest BCUT2D eigenvalue weighted by atomic mass is 32.1. The van der Waals surface area contributed by atoms with E-state index in [1.165, 1.54) is 5.56 Å². The van der Waals surface area contributed by atoms with Gasteiger partial charge in [0.2, 0.25) is 5.91 Å². The lowest BCUT2D eigenvalue weighted by Crippen LogP contribution is -2.42. The molecule has 1 unspecified atom stereocenters. The molecule has 0 aliphatic rings. The minimum absolute atomic E-state index is 0.0137. The van der Waals surface area contributed by atoms with Gasteiger partial charge in [-0.15, -0.1) is 11.3 Å². The van der Waals surface area contributed by atoms with Gasteiger partial charge in [0.15, 0.2) is 0 Å². The molecule has 0 aliphatic heterocycles. The van der Waals surface area contributed by atoms with Gasteiger partial charge in [0, 0.05) is 23.5 Å². The summed E-state index contributed by atoms with van der Waals surface area (Å²) in [5.74, 6) is 0.0137. The number of nitrogens with one attached hydrogen (secondary N) is 1. The van der Waals surface area contributed by atoms with Crippen molar-refractivity contribution in [3.05, 3.63) is 77.3 Å². The smallest absolute Gasteiger partial charge is 0.226 e. The van der Waals surface area contributed by atoms with Crippen molar-refractivity contribution >= 4 is 17.2 Å². The van der Waals surface area contributed by atoms with Crippen molar-refractivity contribution in [3.8, 4) is 10.6 Å². The summed E-state index contributed by atoms with van der Waals surface area (Å²) in [6, 6.07) is 20.7. The van der Waals surface area contributed by atoms with Gasteiger partial charge in [-0.05, 0) is 26.1 Å². The van der Waals surface area contributed by atoms with Crippen molar-refractivity contribution in [2.24, 2.45) is 0 Å². The lowest BCUT2D eigenvalue weighted by molar-refractivity contribution is -0.120. The van der Waals surface area contributed by atoms with E-state index in [-0.39, 0.29) is 11.9 Å². The SMILES string of the molecule is CN(C)C(CNC(=O)Cc1csc(-c2ccccc2)n1)Cc1ccccc1. The first kappa shape index (κ1) is 19.3. The van der Waals surface area contributed by atoms with E-state index in [2.05, 4.69) is 27.3 Å². The molecule has 0 radical (unpaired) electrons. The Kier molecular flexibility index (Phi) is 6.74. The van der Waals surface area contributed by atoms with E-state index >= 15 is 0 Å². The van der Waals surface area contributed by atoms with E-state index in [9.17, 15) is 4.79 Å². The molecule has 0 bridgehead atoms. The fourth-order valence-corrected chi connectivity index (χ4v) is 3.71. The maximum Gasteiger partial charge on any atom is 0.226 e. The van der Waals surface area contributed by atoms with E-state index in [0.29, 0.717) is 13.0 Å². The zero-order chi connectivity index (χ0) is 19.1. The molecular formula is C22H25N3OS. The summed E-state index contributed by atoms with van der Waals surface area (Å²) in [5, 5.41) is 5.99. The summed E-state index contributed by atoms with van der Waals surface area (Å²) in [6.45, 7) is 0.621. The van der Waals surface area contributed by atoms with Crippen LogP contribution in [-0.4, -0.2) is 42.5 Å². The van der Waals surface area contributed by atoms with Crippen LogP contribution in [0.25, 0.3) is 10.6 Å². The number of nitrogens with zero attached hydrogens (tertiary/aromatic N) is 2. The molecule has 1 aromatic heterocycles. The Morgan fingerprint density at radius 2 is 1.74 bits per heavy atom. The highest BCUT2D eigenvalue weighted by molar-refractivity contribution is 7.13. The fraction of sp³-hybridized carbons (Fsp3) is 0.273. The summed E-state index contributed by atoms with van der Waals surface area (Å²) in [4.78, 5) is 19.1. The maximum atomic E-state index is 12.4. The van der Waals surface area contributed by atoms with Crippen LogP contribution in [0.5, 0.6) is 0 Å². The Balaban J connectivity index is 1.53. The van der Waals surface area contributed by atoms with Gasteiger partial charge in [0.05, 0.1) is 12.1 Å². The first-order valence-corrected chi connectivity index (χ1v) is 9.96. The average Bonchev–Trinajstić information content (AvgIpc) is 3.15. The van der Waals surface area contributed by atoms with E-state index in [1.807, 2.05) is 68.0 Å². The number of benzene rings is 2. The van der Waals surface area contributed by atoms with Crippen LogP contribution in [0, 0.1) is 0 Å². The first-order valence-electron chi connectivity index (χ1n) is 9.08. The highest BCUT2D eigenvalue weighted by Gasteiger charge is 2.15. The number of amides is 1. The number of carbonyl (C=O) groups excluding carboxylic acids is 1. The molecule has 3 aromatic rings. The van der Waals surface area contributed by atoms with Crippen LogP contribution in [0.1, 0.15) is 11.3 Å². The third-order valence-corrected chi connectivity index (χ3v) is 5.43. The summed E-state index contributed by atoms with van der Waals surface area (Å²) in [6.07, 6.45) is 1.22. The minimum Gasteiger partial charge on any atom is -0.354 e. The normalized spacial score (nSPS) is 12.1. The lowest BCUT2D eigenvalue weighted by atomic mass is 10.1. The monoisotopic (exact) mass is 379 g/mol. The van der Waals surface area contributed by atoms with Crippen LogP contribution in [0.15, 0.2) is 66.0 Å². The van der Waals surface area contributed by atoms with Gasteiger partial charge in [-0.1, -0.05) is 60.7 Å². The van der Waals surface area contributed by atoms with Gasteiger partial charge >= 0.3 is 0 Å². The van der Waals surface area contributed by atoms with Crippen molar-refractivity contribution < 1.29 is 4.79 Å². The van der Waals surface area contributed by atoms with Gasteiger partial charge in [0.1, 0.15) is 5.01 Å². The van der Waals surface area contributed by atoms with E-state index < -0.39 is 0 Å². The number of hydrogen-bond donors (Lipinski definition) is 1. The highest BCUT2D eigenvalue weighted by Crippen LogP contribution is 2.23. The van der Waals surface area contributed by atoms with E-state index in [0.717, 1.165) is 22.7 Å². The zero-order valence-electron chi connectivity index (χ0n) is 15.8. The van der Waals surface area contributed by atoms with Crippen molar-refractivity contribution in [2.75, 3.05) is 20.6 Å². The fourth-order valence-electron chi connectivity index (χ4n) is 2.88. The quantitative estimate of drug-likeness (QED) is 0.650. The molecule has 0 spiro atoms. The summed E-state index contributed by atoms with van der Waals surface area (Å²) in [5.41, 5.74) is 3.18. The summed E-state index contributed by atoms with van der Waals surface area (Å²) < 4.78 is 0. The Hall–Kier alpha value is -2.50.